The summed E-state index contributed by atoms with van der Waals surface area (Å²) >= 11 is 0. The lowest BCUT2D eigenvalue weighted by molar-refractivity contribution is -0.167. The van der Waals surface area contributed by atoms with Crippen LogP contribution in [0.4, 0.5) is 0 Å². The van der Waals surface area contributed by atoms with Crippen molar-refractivity contribution in [2.75, 3.05) is 13.2 Å². The normalized spacial score (nSPS) is 12.9. The number of ether oxygens (including phenoxy) is 3. The van der Waals surface area contributed by atoms with Crippen LogP contribution in [0.3, 0.4) is 0 Å². The molecule has 1 unspecified atom stereocenters. The van der Waals surface area contributed by atoms with Crippen molar-refractivity contribution in [1.82, 2.24) is 0 Å². The summed E-state index contributed by atoms with van der Waals surface area (Å²) in [5, 5.41) is 0. The first kappa shape index (κ1) is 70.1. The standard InChI is InChI=1S/C68H114O6/c1-4-7-10-13-16-19-22-25-28-29-30-31-32-33-34-35-36-37-38-39-41-43-46-49-52-55-58-61-67(70)73-64-65(63-72-66(69)60-57-54-51-48-45-42-27-24-21-18-15-12-9-6-3)74-68(71)62-59-56-53-50-47-44-40-26-23-20-17-14-11-8-5-2/h7,10,16,19,24-25,27-28,30-31,33-34,36-37,39,41,46,49,65H,4-6,8-9,11-15,17-18,20-23,26,29,32,35,38,40,42-45,47-48,50-64H2,1-3H3/b10-7-,19-16-,27-24-,28-25-,31-30-,34-33-,37-36-,41-39-,49-46-. The Hall–Kier alpha value is -3.93. The van der Waals surface area contributed by atoms with Crippen LogP contribution in [-0.2, 0) is 28.6 Å². The number of unbranched alkanes of at least 4 members (excludes halogenated alkanes) is 26. The van der Waals surface area contributed by atoms with Crippen molar-refractivity contribution < 1.29 is 28.6 Å². The molecule has 0 aromatic carbocycles. The average molecular weight is 1030 g/mol. The predicted molar refractivity (Wildman–Crippen MR) is 320 cm³/mol. The minimum Gasteiger partial charge on any atom is -0.462 e. The largest absolute Gasteiger partial charge is 0.462 e. The highest BCUT2D eigenvalue weighted by molar-refractivity contribution is 5.71. The van der Waals surface area contributed by atoms with Crippen LogP contribution in [0.1, 0.15) is 284 Å². The lowest BCUT2D eigenvalue weighted by atomic mass is 10.0. The molecule has 6 nitrogen and oxygen atoms in total. The molecule has 0 fully saturated rings. The summed E-state index contributed by atoms with van der Waals surface area (Å²) in [4.78, 5) is 38.2. The summed E-state index contributed by atoms with van der Waals surface area (Å²) in [5.41, 5.74) is 0. The molecule has 0 saturated carbocycles. The van der Waals surface area contributed by atoms with E-state index in [2.05, 4.69) is 130 Å². The van der Waals surface area contributed by atoms with Crippen LogP contribution in [0.25, 0.3) is 0 Å². The second-order valence-electron chi connectivity index (χ2n) is 20.2. The van der Waals surface area contributed by atoms with E-state index in [1.165, 1.54) is 128 Å². The van der Waals surface area contributed by atoms with E-state index in [4.69, 9.17) is 14.2 Å². The molecule has 0 rings (SSSR count). The van der Waals surface area contributed by atoms with Gasteiger partial charge in [-0.2, -0.15) is 0 Å². The van der Waals surface area contributed by atoms with Gasteiger partial charge in [0.2, 0.25) is 0 Å². The van der Waals surface area contributed by atoms with Crippen molar-refractivity contribution in [1.29, 1.82) is 0 Å². The van der Waals surface area contributed by atoms with E-state index < -0.39 is 6.10 Å². The number of hydrogen-bond acceptors (Lipinski definition) is 6. The SMILES string of the molecule is CC/C=C\C/C=C\C/C=C\C/C=C\C/C=C\C/C=C\C/C=C\C/C=C\CCCCC(=O)OCC(COC(=O)CCCCCCC/C=C\CCCCCCC)OC(=O)CCCCCCCCCCCCCCCCC. The van der Waals surface area contributed by atoms with Crippen LogP contribution in [-0.4, -0.2) is 37.2 Å². The first-order valence-corrected chi connectivity index (χ1v) is 30.9. The summed E-state index contributed by atoms with van der Waals surface area (Å²) in [7, 11) is 0. The third kappa shape index (κ3) is 59.0. The summed E-state index contributed by atoms with van der Waals surface area (Å²) < 4.78 is 16.9. The zero-order valence-electron chi connectivity index (χ0n) is 48.3. The third-order valence-electron chi connectivity index (χ3n) is 13.0. The molecule has 0 aromatic rings. The maximum atomic E-state index is 12.9. The van der Waals surface area contributed by atoms with Gasteiger partial charge in [-0.05, 0) is 109 Å². The summed E-state index contributed by atoms with van der Waals surface area (Å²) in [6.45, 7) is 6.49. The van der Waals surface area contributed by atoms with Gasteiger partial charge in [0, 0.05) is 19.3 Å². The Bertz CT molecular complexity index is 1510. The van der Waals surface area contributed by atoms with Crippen molar-refractivity contribution in [3.63, 3.8) is 0 Å². The van der Waals surface area contributed by atoms with Crippen molar-refractivity contribution in [2.24, 2.45) is 0 Å². The Balaban J connectivity index is 4.42. The Morgan fingerprint density at radius 2 is 0.527 bits per heavy atom. The molecule has 6 heteroatoms. The summed E-state index contributed by atoms with van der Waals surface area (Å²) in [6.07, 6.45) is 83.7. The van der Waals surface area contributed by atoms with E-state index >= 15 is 0 Å². The second kappa shape index (κ2) is 61.6. The van der Waals surface area contributed by atoms with Gasteiger partial charge in [0.15, 0.2) is 6.10 Å². The zero-order valence-corrected chi connectivity index (χ0v) is 48.3. The van der Waals surface area contributed by atoms with E-state index in [0.29, 0.717) is 19.3 Å². The molecule has 0 aromatic heterocycles. The predicted octanol–water partition coefficient (Wildman–Crippen LogP) is 21.0. The van der Waals surface area contributed by atoms with Crippen LogP contribution in [0.2, 0.25) is 0 Å². The molecule has 0 aliphatic heterocycles. The first-order chi connectivity index (χ1) is 36.5. The fourth-order valence-corrected chi connectivity index (χ4v) is 8.39. The number of rotatable bonds is 55. The molecular weight excluding hydrogens is 913 g/mol. The molecule has 0 aliphatic rings. The summed E-state index contributed by atoms with van der Waals surface area (Å²) in [5.74, 6) is -0.942. The van der Waals surface area contributed by atoms with E-state index in [1.54, 1.807) is 0 Å². The van der Waals surface area contributed by atoms with E-state index in [0.717, 1.165) is 116 Å². The van der Waals surface area contributed by atoms with Crippen molar-refractivity contribution in [3.8, 4) is 0 Å². The van der Waals surface area contributed by atoms with Crippen LogP contribution in [0, 0.1) is 0 Å². The second-order valence-corrected chi connectivity index (χ2v) is 20.2. The van der Waals surface area contributed by atoms with Gasteiger partial charge in [-0.3, -0.25) is 14.4 Å². The van der Waals surface area contributed by atoms with Gasteiger partial charge in [-0.25, -0.2) is 0 Å². The lowest BCUT2D eigenvalue weighted by Gasteiger charge is -2.18. The molecule has 0 N–H and O–H groups in total. The molecule has 422 valence electrons. The van der Waals surface area contributed by atoms with Crippen molar-refractivity contribution in [3.05, 3.63) is 109 Å². The Labute approximate surface area is 457 Å². The monoisotopic (exact) mass is 1030 g/mol. The highest BCUT2D eigenvalue weighted by Gasteiger charge is 2.19. The number of carbonyl (C=O) groups is 3. The van der Waals surface area contributed by atoms with E-state index in [1.807, 2.05) is 0 Å². The molecule has 0 aliphatic carbocycles. The fourth-order valence-electron chi connectivity index (χ4n) is 8.39. The fraction of sp³-hybridized carbons (Fsp3) is 0.691. The molecule has 0 amide bonds. The topological polar surface area (TPSA) is 78.9 Å². The molecule has 1 atom stereocenters. The van der Waals surface area contributed by atoms with Crippen LogP contribution in [0.15, 0.2) is 109 Å². The average Bonchev–Trinajstić information content (AvgIpc) is 3.40. The van der Waals surface area contributed by atoms with Crippen LogP contribution < -0.4 is 0 Å². The van der Waals surface area contributed by atoms with Gasteiger partial charge in [0.05, 0.1) is 0 Å². The van der Waals surface area contributed by atoms with Gasteiger partial charge >= 0.3 is 17.9 Å². The maximum Gasteiger partial charge on any atom is 0.306 e. The van der Waals surface area contributed by atoms with Gasteiger partial charge in [0.25, 0.3) is 0 Å². The van der Waals surface area contributed by atoms with Crippen LogP contribution in [0.5, 0.6) is 0 Å². The minimum absolute atomic E-state index is 0.0950. The Kier molecular flexibility index (Phi) is 58.3. The number of carbonyl (C=O) groups excluding carboxylic acids is 3. The molecule has 0 spiro atoms. The molecule has 0 radical (unpaired) electrons. The van der Waals surface area contributed by atoms with E-state index in [9.17, 15) is 14.4 Å². The van der Waals surface area contributed by atoms with Crippen molar-refractivity contribution in [2.45, 2.75) is 290 Å². The van der Waals surface area contributed by atoms with Gasteiger partial charge in [-0.15, -0.1) is 0 Å². The molecule has 0 bridgehead atoms. The quantitative estimate of drug-likeness (QED) is 0.0261. The third-order valence-corrected chi connectivity index (χ3v) is 13.0. The van der Waals surface area contributed by atoms with Gasteiger partial charge in [0.1, 0.15) is 13.2 Å². The molecule has 74 heavy (non-hydrogen) atoms. The summed E-state index contributed by atoms with van der Waals surface area (Å²) in [6, 6.07) is 0. The number of allylic oxidation sites excluding steroid dienone is 18. The van der Waals surface area contributed by atoms with Gasteiger partial charge < -0.3 is 14.2 Å². The van der Waals surface area contributed by atoms with E-state index in [-0.39, 0.29) is 31.1 Å². The minimum atomic E-state index is -0.800. The Morgan fingerprint density at radius 1 is 0.284 bits per heavy atom. The first-order valence-electron chi connectivity index (χ1n) is 30.9. The molecular formula is C68H114O6. The van der Waals surface area contributed by atoms with Crippen molar-refractivity contribution >= 4 is 17.9 Å². The molecule has 0 saturated heterocycles. The van der Waals surface area contributed by atoms with Gasteiger partial charge in [-0.1, -0.05) is 265 Å². The lowest BCUT2D eigenvalue weighted by Crippen LogP contribution is -2.30. The smallest absolute Gasteiger partial charge is 0.306 e. The highest BCUT2D eigenvalue weighted by Crippen LogP contribution is 2.15. The maximum absolute atomic E-state index is 12.9. The zero-order chi connectivity index (χ0) is 53.6. The number of hydrogen-bond donors (Lipinski definition) is 0. The van der Waals surface area contributed by atoms with Crippen LogP contribution >= 0.6 is 0 Å². The Morgan fingerprint density at radius 3 is 0.865 bits per heavy atom. The highest BCUT2D eigenvalue weighted by atomic mass is 16.6. The molecule has 0 heterocycles. The number of esters is 3.